The summed E-state index contributed by atoms with van der Waals surface area (Å²) >= 11 is 0. The number of alkyl halides is 5. The summed E-state index contributed by atoms with van der Waals surface area (Å²) in [6.45, 7) is 12.3. The molecule has 74 heavy (non-hydrogen) atoms. The zero-order chi connectivity index (χ0) is 52.0. The number of hydrogen-bond donors (Lipinski definition) is 1. The van der Waals surface area contributed by atoms with Crippen LogP contribution in [0.1, 0.15) is 122 Å². The minimum absolute atomic E-state index is 0.00618. The summed E-state index contributed by atoms with van der Waals surface area (Å²) in [4.78, 5) is 34.8. The third-order valence-electron chi connectivity index (χ3n) is 16.2. The van der Waals surface area contributed by atoms with E-state index in [0.717, 1.165) is 105 Å². The van der Waals surface area contributed by atoms with Crippen LogP contribution in [-0.4, -0.2) is 109 Å². The highest BCUT2D eigenvalue weighted by Gasteiger charge is 2.39. The number of amides is 2. The normalized spacial score (nSPS) is 22.8. The summed E-state index contributed by atoms with van der Waals surface area (Å²) < 4.78 is 79.7. The largest absolute Gasteiger partial charge is 0.490 e. The number of benzene rings is 2. The van der Waals surface area contributed by atoms with Crippen molar-refractivity contribution in [3.8, 4) is 22.9 Å². The molecule has 1 aliphatic carbocycles. The number of carbonyl (C=O) groups is 2. The number of nitriles is 1. The van der Waals surface area contributed by atoms with Crippen LogP contribution in [0.2, 0.25) is 0 Å². The number of aromatic nitrogens is 6. The van der Waals surface area contributed by atoms with Crippen LogP contribution in [0.3, 0.4) is 0 Å². The Morgan fingerprint density at radius 1 is 0.932 bits per heavy atom. The molecule has 2 unspecified atom stereocenters. The standard InChI is InChI=1S/C54H63F5N12O3/c1-32-27-69(50-14-13-47(63-64-50)53(73)62-38-8-11-40(12-9-38)74-41-10-7-36(25-60)46(23-41)54(57,58)59)28-33(2)44(32)30-67-19-15-39(16-20-67)71-48-17-21-68(34(3)72)31-45(48)52(65-71)70-18-5-6-35-22-42(37-26-61-66(4)29-37)43(51(55)56)24-49(35)70/h7,10,13-14,22-24,26,29,32-33,38-40,44,51H,5-6,8-9,11-12,15-21,27-28,30-31H2,1-4H3,(H,62,73). The Morgan fingerprint density at radius 2 is 1.69 bits per heavy atom. The van der Waals surface area contributed by atoms with Crippen molar-refractivity contribution in [1.82, 2.24) is 44.9 Å². The lowest BCUT2D eigenvalue weighted by Gasteiger charge is -2.44. The molecule has 5 aliphatic rings. The molecular weight excluding hydrogens is 960 g/mol. The zero-order valence-electron chi connectivity index (χ0n) is 42.3. The monoisotopic (exact) mass is 1020 g/mol. The van der Waals surface area contributed by atoms with E-state index in [1.165, 1.54) is 6.07 Å². The zero-order valence-corrected chi connectivity index (χ0v) is 42.3. The van der Waals surface area contributed by atoms with E-state index in [9.17, 15) is 31.5 Å². The number of nitrogens with one attached hydrogen (secondary N) is 1. The Morgan fingerprint density at radius 3 is 2.34 bits per heavy atom. The van der Waals surface area contributed by atoms with Gasteiger partial charge in [-0.1, -0.05) is 13.8 Å². The average Bonchev–Trinajstić information content (AvgIpc) is 4.01. The van der Waals surface area contributed by atoms with Crippen LogP contribution >= 0.6 is 0 Å². The smallest absolute Gasteiger partial charge is 0.417 e. The van der Waals surface area contributed by atoms with Crippen molar-refractivity contribution < 1.29 is 36.3 Å². The van der Waals surface area contributed by atoms with Gasteiger partial charge in [0, 0.05) is 107 Å². The van der Waals surface area contributed by atoms with E-state index < -0.39 is 23.7 Å². The van der Waals surface area contributed by atoms with Gasteiger partial charge in [0.05, 0.1) is 42.1 Å². The summed E-state index contributed by atoms with van der Waals surface area (Å²) in [5.74, 6) is 2.42. The summed E-state index contributed by atoms with van der Waals surface area (Å²) in [5, 5.41) is 30.6. The Bertz CT molecular complexity index is 2890. The molecule has 2 aromatic carbocycles. The lowest BCUT2D eigenvalue weighted by atomic mass is 9.79. The molecule has 1 saturated carbocycles. The molecule has 0 bridgehead atoms. The van der Waals surface area contributed by atoms with Crippen LogP contribution in [0.4, 0.5) is 39.3 Å². The molecule has 2 atom stereocenters. The van der Waals surface area contributed by atoms with E-state index in [0.29, 0.717) is 80.6 Å². The fourth-order valence-electron chi connectivity index (χ4n) is 12.2. The molecule has 5 aromatic rings. The highest BCUT2D eigenvalue weighted by molar-refractivity contribution is 5.92. The van der Waals surface area contributed by atoms with Gasteiger partial charge in [0.15, 0.2) is 17.3 Å². The molecule has 2 saturated heterocycles. The SMILES string of the molecule is CC(=O)N1CCc2c(c(N3CCCc4cc(-c5cnn(C)c5)c(C(F)F)cc43)nn2C2CCN(CC3C(C)CN(c4ccc(C(=O)NC5CCC(Oc6ccc(C#N)c(C(F)(F)F)c6)CC5)nn4)CC3C)CC2)C1. The minimum atomic E-state index is -4.67. The second-order valence-electron chi connectivity index (χ2n) is 21.1. The van der Waals surface area contributed by atoms with Gasteiger partial charge in [0.1, 0.15) is 5.75 Å². The number of halogens is 5. The number of rotatable bonds is 11. The van der Waals surface area contributed by atoms with Crippen LogP contribution in [0.5, 0.6) is 5.75 Å². The predicted octanol–water partition coefficient (Wildman–Crippen LogP) is 9.06. The van der Waals surface area contributed by atoms with Crippen molar-refractivity contribution in [2.45, 2.75) is 116 Å². The van der Waals surface area contributed by atoms with Gasteiger partial charge in [0.25, 0.3) is 12.3 Å². The third kappa shape index (κ3) is 10.5. The molecule has 1 N–H and O–H groups in total. The molecule has 0 radical (unpaired) electrons. The number of piperidine rings is 2. The summed E-state index contributed by atoms with van der Waals surface area (Å²) in [7, 11) is 1.78. The average molecular weight is 1020 g/mol. The molecular formula is C54H63F5N12O3. The van der Waals surface area contributed by atoms with E-state index >= 15 is 0 Å². The summed E-state index contributed by atoms with van der Waals surface area (Å²) in [5.41, 5.74) is 3.77. The second kappa shape index (κ2) is 20.9. The molecule has 7 heterocycles. The molecule has 3 aromatic heterocycles. The lowest BCUT2D eigenvalue weighted by molar-refractivity contribution is -0.138. The molecule has 3 fully saturated rings. The van der Waals surface area contributed by atoms with Crippen LogP contribution in [-0.2, 0) is 37.4 Å². The summed E-state index contributed by atoms with van der Waals surface area (Å²) in [6, 6.07) is 12.1. The van der Waals surface area contributed by atoms with Gasteiger partial charge < -0.3 is 29.7 Å². The minimum Gasteiger partial charge on any atom is -0.490 e. The molecule has 2 amide bonds. The highest BCUT2D eigenvalue weighted by Crippen LogP contribution is 2.44. The number of anilines is 3. The van der Waals surface area contributed by atoms with Crippen molar-refractivity contribution >= 4 is 29.1 Å². The Kier molecular flexibility index (Phi) is 14.4. The van der Waals surface area contributed by atoms with Gasteiger partial charge >= 0.3 is 6.18 Å². The molecule has 20 heteroatoms. The molecule has 10 rings (SSSR count). The summed E-state index contributed by atoms with van der Waals surface area (Å²) in [6.07, 6.45) is 2.13. The first-order valence-electron chi connectivity index (χ1n) is 26.0. The van der Waals surface area contributed by atoms with Crippen molar-refractivity contribution in [3.05, 3.63) is 94.1 Å². The predicted molar refractivity (Wildman–Crippen MR) is 267 cm³/mol. The number of ether oxygens (including phenoxy) is 1. The maximum atomic E-state index is 14.8. The van der Waals surface area contributed by atoms with Crippen molar-refractivity contribution in [2.75, 3.05) is 55.6 Å². The van der Waals surface area contributed by atoms with Gasteiger partial charge in [-0.15, -0.1) is 10.2 Å². The van der Waals surface area contributed by atoms with Gasteiger partial charge in [-0.25, -0.2) is 8.78 Å². The van der Waals surface area contributed by atoms with Crippen LogP contribution in [0, 0.1) is 29.1 Å². The number of hydrogen-bond acceptors (Lipinski definition) is 11. The second-order valence-corrected chi connectivity index (χ2v) is 21.1. The van der Waals surface area contributed by atoms with Crippen LogP contribution in [0.15, 0.2) is 54.9 Å². The molecule has 0 spiro atoms. The van der Waals surface area contributed by atoms with Gasteiger partial charge in [-0.3, -0.25) is 19.0 Å². The first kappa shape index (κ1) is 50.9. The fraction of sp³-hybridized carbons (Fsp3) is 0.537. The number of likely N-dealkylation sites (tertiary alicyclic amines) is 1. The number of carbonyl (C=O) groups excluding carboxylic acids is 2. The molecule has 4 aliphatic heterocycles. The Balaban J connectivity index is 0.737. The maximum absolute atomic E-state index is 14.8. The third-order valence-corrected chi connectivity index (χ3v) is 16.2. The first-order valence-corrected chi connectivity index (χ1v) is 26.0. The van der Waals surface area contributed by atoms with Gasteiger partial charge in [-0.2, -0.15) is 28.6 Å². The number of nitrogens with zero attached hydrogens (tertiary/aromatic N) is 11. The topological polar surface area (TPSA) is 154 Å². The number of fused-ring (bicyclic) bond motifs is 2. The van der Waals surface area contributed by atoms with E-state index in [2.05, 4.69) is 53.8 Å². The number of aryl methyl sites for hydroxylation is 2. The Labute approximate surface area is 427 Å². The van der Waals surface area contributed by atoms with Crippen LogP contribution in [0.25, 0.3) is 11.1 Å². The quantitative estimate of drug-likeness (QED) is 0.126. The van der Waals surface area contributed by atoms with E-state index in [1.54, 1.807) is 49.2 Å². The first-order chi connectivity index (χ1) is 35.5. The molecule has 392 valence electrons. The fourth-order valence-corrected chi connectivity index (χ4v) is 12.2. The van der Waals surface area contributed by atoms with E-state index in [4.69, 9.17) is 15.1 Å². The van der Waals surface area contributed by atoms with Crippen molar-refractivity contribution in [3.63, 3.8) is 0 Å². The lowest BCUT2D eigenvalue weighted by Crippen LogP contribution is -2.50. The van der Waals surface area contributed by atoms with Crippen molar-refractivity contribution in [2.24, 2.45) is 24.8 Å². The molecule has 15 nitrogen and oxygen atoms in total. The van der Waals surface area contributed by atoms with E-state index in [1.807, 2.05) is 17.0 Å². The van der Waals surface area contributed by atoms with Crippen LogP contribution < -0.4 is 19.9 Å². The van der Waals surface area contributed by atoms with Crippen molar-refractivity contribution in [1.29, 1.82) is 5.26 Å². The Hall–Kier alpha value is -6.62. The van der Waals surface area contributed by atoms with Gasteiger partial charge in [-0.05, 0) is 123 Å². The van der Waals surface area contributed by atoms with Gasteiger partial charge in [0.2, 0.25) is 5.91 Å². The maximum Gasteiger partial charge on any atom is 0.417 e. The highest BCUT2D eigenvalue weighted by atomic mass is 19.4. The van der Waals surface area contributed by atoms with E-state index in [-0.39, 0.29) is 47.0 Å².